The second kappa shape index (κ2) is 11.5. The summed E-state index contributed by atoms with van der Waals surface area (Å²) in [6, 6.07) is 48.1. The minimum Gasteiger partial charge on any atom is -0.295 e. The highest BCUT2D eigenvalue weighted by Gasteiger charge is 2.15. The fourth-order valence-corrected chi connectivity index (χ4v) is 7.76. The number of aryl methyl sites for hydroxylation is 2. The third kappa shape index (κ3) is 5.03. The van der Waals surface area contributed by atoms with E-state index in [2.05, 4.69) is 91.0 Å². The van der Waals surface area contributed by atoms with Crippen LogP contribution in [0.5, 0.6) is 0 Å². The number of nitrogens with zero attached hydrogens (tertiary/aromatic N) is 5. The van der Waals surface area contributed by atoms with Gasteiger partial charge in [-0.15, -0.1) is 11.3 Å². The lowest BCUT2D eigenvalue weighted by Gasteiger charge is -2.11. The van der Waals surface area contributed by atoms with Crippen molar-refractivity contribution in [1.82, 2.24) is 24.1 Å². The van der Waals surface area contributed by atoms with Gasteiger partial charge in [-0.1, -0.05) is 103 Å². The monoisotopic (exact) mass is 651 g/mol. The van der Waals surface area contributed by atoms with Crippen molar-refractivity contribution in [1.29, 1.82) is 0 Å². The molecule has 0 saturated heterocycles. The van der Waals surface area contributed by atoms with Crippen LogP contribution < -0.4 is 5.69 Å². The van der Waals surface area contributed by atoms with Gasteiger partial charge in [0.1, 0.15) is 0 Å². The molecule has 0 spiro atoms. The van der Waals surface area contributed by atoms with E-state index in [4.69, 9.17) is 15.0 Å². The second-order valence-corrected chi connectivity index (χ2v) is 13.3. The molecule has 3 aromatic heterocycles. The van der Waals surface area contributed by atoms with E-state index >= 15 is 0 Å². The lowest BCUT2D eigenvalue weighted by molar-refractivity contribution is 0.795. The van der Waals surface area contributed by atoms with Crippen molar-refractivity contribution < 1.29 is 0 Å². The van der Waals surface area contributed by atoms with E-state index in [0.717, 1.165) is 50.0 Å². The molecule has 3 heterocycles. The van der Waals surface area contributed by atoms with Crippen molar-refractivity contribution in [3.8, 4) is 56.4 Å². The number of fused-ring (bicyclic) bond motifs is 4. The fraction of sp³-hybridized carbons (Fsp3) is 0.0476. The Morgan fingerprint density at radius 2 is 0.939 bits per heavy atom. The van der Waals surface area contributed by atoms with Gasteiger partial charge in [-0.25, -0.2) is 19.7 Å². The van der Waals surface area contributed by atoms with Gasteiger partial charge in [-0.05, 0) is 58.7 Å². The molecule has 7 heteroatoms. The third-order valence-corrected chi connectivity index (χ3v) is 10.4. The molecule has 6 nitrogen and oxygen atoms in total. The molecule has 0 aliphatic carbocycles. The van der Waals surface area contributed by atoms with Crippen molar-refractivity contribution in [3.63, 3.8) is 0 Å². The van der Waals surface area contributed by atoms with Crippen LogP contribution in [0, 0.1) is 0 Å². The van der Waals surface area contributed by atoms with Crippen molar-refractivity contribution in [3.05, 3.63) is 150 Å². The molecule has 0 saturated carbocycles. The van der Waals surface area contributed by atoms with Crippen molar-refractivity contribution >= 4 is 42.5 Å². The van der Waals surface area contributed by atoms with Crippen LogP contribution in [-0.2, 0) is 14.1 Å². The normalized spacial score (nSPS) is 11.6. The average molecular weight is 652 g/mol. The maximum atomic E-state index is 12.6. The first-order valence-corrected chi connectivity index (χ1v) is 16.9. The average Bonchev–Trinajstić information content (AvgIpc) is 3.64. The standard InChI is InChI=1S/C42H29N5OS/c1-46-35-21-19-29(24-36(35)47(2)42(46)48)27-12-8-14-31(22-27)40-43-39(26-10-4-3-5-11-26)44-41(45-40)32-15-9-13-28(23-32)30-18-20-34-33-16-6-7-17-37(33)49-38(34)25-30/h3-25H,1-2H3. The first kappa shape index (κ1) is 29.0. The number of benzene rings is 6. The maximum Gasteiger partial charge on any atom is 0.328 e. The van der Waals surface area contributed by atoms with Crippen LogP contribution in [0.1, 0.15) is 0 Å². The Kier molecular flexibility index (Phi) is 6.81. The Morgan fingerprint density at radius 1 is 0.429 bits per heavy atom. The molecule has 0 fully saturated rings. The van der Waals surface area contributed by atoms with Gasteiger partial charge in [0.05, 0.1) is 11.0 Å². The van der Waals surface area contributed by atoms with E-state index in [1.165, 1.54) is 20.2 Å². The van der Waals surface area contributed by atoms with Crippen LogP contribution in [0.25, 0.3) is 87.6 Å². The van der Waals surface area contributed by atoms with E-state index < -0.39 is 0 Å². The summed E-state index contributed by atoms with van der Waals surface area (Å²) in [7, 11) is 3.60. The number of rotatable bonds is 5. The summed E-state index contributed by atoms with van der Waals surface area (Å²) < 4.78 is 5.92. The largest absolute Gasteiger partial charge is 0.328 e. The molecule has 49 heavy (non-hydrogen) atoms. The van der Waals surface area contributed by atoms with E-state index in [0.29, 0.717) is 17.5 Å². The predicted molar refractivity (Wildman–Crippen MR) is 202 cm³/mol. The number of thiophene rings is 1. The molecule has 0 radical (unpaired) electrons. The molecule has 0 amide bonds. The van der Waals surface area contributed by atoms with Gasteiger partial charge < -0.3 is 0 Å². The van der Waals surface area contributed by atoms with E-state index in [-0.39, 0.29) is 5.69 Å². The first-order valence-electron chi connectivity index (χ1n) is 16.1. The zero-order chi connectivity index (χ0) is 33.1. The highest BCUT2D eigenvalue weighted by Crippen LogP contribution is 2.37. The van der Waals surface area contributed by atoms with Gasteiger partial charge >= 0.3 is 5.69 Å². The van der Waals surface area contributed by atoms with Crippen LogP contribution in [0.3, 0.4) is 0 Å². The Morgan fingerprint density at radius 3 is 1.65 bits per heavy atom. The predicted octanol–water partition coefficient (Wildman–Crippen LogP) is 9.76. The summed E-state index contributed by atoms with van der Waals surface area (Å²) in [5, 5.41) is 2.58. The van der Waals surface area contributed by atoms with Gasteiger partial charge in [-0.3, -0.25) is 9.13 Å². The molecule has 0 bridgehead atoms. The second-order valence-electron chi connectivity index (χ2n) is 12.2. The highest BCUT2D eigenvalue weighted by atomic mass is 32.1. The molecule has 0 aliphatic rings. The zero-order valence-electron chi connectivity index (χ0n) is 26.8. The summed E-state index contributed by atoms with van der Waals surface area (Å²) >= 11 is 1.82. The molecule has 0 atom stereocenters. The number of aromatic nitrogens is 5. The smallest absolute Gasteiger partial charge is 0.295 e. The van der Waals surface area contributed by atoms with Crippen molar-refractivity contribution in [2.45, 2.75) is 0 Å². The molecule has 6 aromatic carbocycles. The summed E-state index contributed by atoms with van der Waals surface area (Å²) in [5.74, 6) is 1.82. The minimum absolute atomic E-state index is 0.0447. The summed E-state index contributed by atoms with van der Waals surface area (Å²) in [5.41, 5.74) is 8.74. The molecule has 0 aliphatic heterocycles. The topological polar surface area (TPSA) is 65.6 Å². The Hall–Kier alpha value is -6.18. The maximum absolute atomic E-state index is 12.6. The van der Waals surface area contributed by atoms with Crippen molar-refractivity contribution in [2.75, 3.05) is 0 Å². The Balaban J connectivity index is 1.15. The Labute approximate surface area is 286 Å². The van der Waals surface area contributed by atoms with Gasteiger partial charge in [0.2, 0.25) is 0 Å². The molecular weight excluding hydrogens is 623 g/mol. The van der Waals surface area contributed by atoms with E-state index in [1.54, 1.807) is 23.2 Å². The molecule has 9 rings (SSSR count). The Bertz CT molecular complexity index is 2780. The lowest BCUT2D eigenvalue weighted by atomic mass is 10.0. The van der Waals surface area contributed by atoms with Gasteiger partial charge in [0, 0.05) is 51.0 Å². The molecule has 0 unspecified atom stereocenters. The summed E-state index contributed by atoms with van der Waals surface area (Å²) in [4.78, 5) is 27.6. The zero-order valence-corrected chi connectivity index (χ0v) is 27.6. The van der Waals surface area contributed by atoms with Crippen LogP contribution in [0.4, 0.5) is 0 Å². The number of hydrogen-bond acceptors (Lipinski definition) is 5. The highest BCUT2D eigenvalue weighted by molar-refractivity contribution is 7.25. The molecule has 0 N–H and O–H groups in total. The van der Waals surface area contributed by atoms with Crippen LogP contribution in [-0.4, -0.2) is 24.1 Å². The van der Waals surface area contributed by atoms with E-state index in [9.17, 15) is 4.79 Å². The molecular formula is C42H29N5OS. The summed E-state index contributed by atoms with van der Waals surface area (Å²) in [6.45, 7) is 0. The first-order chi connectivity index (χ1) is 24.0. The number of imidazole rings is 1. The number of hydrogen-bond donors (Lipinski definition) is 0. The van der Waals surface area contributed by atoms with Crippen molar-refractivity contribution in [2.24, 2.45) is 14.1 Å². The summed E-state index contributed by atoms with van der Waals surface area (Å²) in [6.07, 6.45) is 0. The lowest BCUT2D eigenvalue weighted by Crippen LogP contribution is -2.19. The van der Waals surface area contributed by atoms with E-state index in [1.807, 2.05) is 59.9 Å². The van der Waals surface area contributed by atoms with Gasteiger partial charge in [0.15, 0.2) is 17.5 Å². The van der Waals surface area contributed by atoms with Crippen LogP contribution >= 0.6 is 11.3 Å². The SMILES string of the molecule is Cn1c(=O)n(C)c2cc(-c3cccc(-c4nc(-c5ccccc5)nc(-c5cccc(-c6ccc7c(c6)sc6ccccc67)c5)n4)c3)ccc21. The van der Waals surface area contributed by atoms with Gasteiger partial charge in [-0.2, -0.15) is 0 Å². The fourth-order valence-electron chi connectivity index (χ4n) is 6.62. The molecule has 9 aromatic rings. The van der Waals surface area contributed by atoms with Crippen LogP contribution in [0.2, 0.25) is 0 Å². The third-order valence-electron chi connectivity index (χ3n) is 9.23. The minimum atomic E-state index is -0.0447. The quantitative estimate of drug-likeness (QED) is 0.186. The molecule has 234 valence electrons. The van der Waals surface area contributed by atoms with Crippen LogP contribution in [0.15, 0.2) is 144 Å². The van der Waals surface area contributed by atoms with Gasteiger partial charge in [0.25, 0.3) is 0 Å².